The molecular weight excluding hydrogens is 372 g/mol. The molecular formula is C21H30N4O2S. The van der Waals surface area contributed by atoms with E-state index >= 15 is 0 Å². The first-order valence-corrected chi connectivity index (χ1v) is 11.3. The summed E-state index contributed by atoms with van der Waals surface area (Å²) in [5.41, 5.74) is 1.48. The Morgan fingerprint density at radius 3 is 2.64 bits per heavy atom. The molecule has 0 aromatic carbocycles. The molecule has 0 N–H and O–H groups in total. The molecule has 1 saturated heterocycles. The summed E-state index contributed by atoms with van der Waals surface area (Å²) in [7, 11) is 1.57. The van der Waals surface area contributed by atoms with Gasteiger partial charge in [0.2, 0.25) is 5.91 Å². The smallest absolute Gasteiger partial charge is 0.248 e. The fraction of sp³-hybridized carbons (Fsp3) is 0.667. The summed E-state index contributed by atoms with van der Waals surface area (Å²) in [6.45, 7) is 7.63. The number of piperazine rings is 1. The molecule has 4 rings (SSSR count). The van der Waals surface area contributed by atoms with E-state index in [-0.39, 0.29) is 12.5 Å². The quantitative estimate of drug-likeness (QED) is 0.767. The molecule has 1 aliphatic carbocycles. The van der Waals surface area contributed by atoms with E-state index in [0.29, 0.717) is 5.92 Å². The summed E-state index contributed by atoms with van der Waals surface area (Å²) in [5.74, 6) is 2.48. The van der Waals surface area contributed by atoms with Crippen LogP contribution in [-0.2, 0) is 22.4 Å². The number of amides is 1. The van der Waals surface area contributed by atoms with Crippen molar-refractivity contribution in [3.8, 4) is 0 Å². The third-order valence-corrected chi connectivity index (χ3v) is 7.25. The van der Waals surface area contributed by atoms with Crippen molar-refractivity contribution in [2.75, 3.05) is 44.8 Å². The average Bonchev–Trinajstić information content (AvgIpc) is 3.11. The van der Waals surface area contributed by atoms with Gasteiger partial charge < -0.3 is 14.5 Å². The molecule has 6 nitrogen and oxygen atoms in total. The number of rotatable bonds is 5. The topological polar surface area (TPSA) is 58.6 Å². The minimum absolute atomic E-state index is 0.0724. The van der Waals surface area contributed by atoms with Crippen LogP contribution in [0.5, 0.6) is 0 Å². The van der Waals surface area contributed by atoms with Crippen molar-refractivity contribution in [1.29, 1.82) is 0 Å². The Hall–Kier alpha value is -1.73. The molecule has 3 heterocycles. The molecule has 0 radical (unpaired) electrons. The van der Waals surface area contributed by atoms with Crippen LogP contribution in [0.2, 0.25) is 0 Å². The summed E-state index contributed by atoms with van der Waals surface area (Å²) in [6, 6.07) is 0. The van der Waals surface area contributed by atoms with Crippen molar-refractivity contribution in [1.82, 2.24) is 14.9 Å². The minimum Gasteiger partial charge on any atom is -0.375 e. The van der Waals surface area contributed by atoms with E-state index in [2.05, 4.69) is 18.7 Å². The second-order valence-electron chi connectivity index (χ2n) is 7.91. The molecule has 0 saturated carbocycles. The van der Waals surface area contributed by atoms with Gasteiger partial charge in [-0.3, -0.25) is 4.79 Å². The maximum absolute atomic E-state index is 12.1. The number of aromatic nitrogens is 2. The molecule has 2 aliphatic rings. The number of hydrogen-bond acceptors (Lipinski definition) is 6. The molecule has 0 spiro atoms. The van der Waals surface area contributed by atoms with Crippen LogP contribution in [0.1, 0.15) is 55.3 Å². The summed E-state index contributed by atoms with van der Waals surface area (Å²) < 4.78 is 5.01. The van der Waals surface area contributed by atoms with Gasteiger partial charge >= 0.3 is 0 Å². The number of nitrogens with zero attached hydrogens (tertiary/aromatic N) is 4. The van der Waals surface area contributed by atoms with E-state index in [1.807, 2.05) is 16.2 Å². The zero-order valence-electron chi connectivity index (χ0n) is 17.2. The van der Waals surface area contributed by atoms with Crippen LogP contribution in [0.4, 0.5) is 5.82 Å². The highest BCUT2D eigenvalue weighted by molar-refractivity contribution is 7.19. The van der Waals surface area contributed by atoms with Gasteiger partial charge in [-0.1, -0.05) is 13.8 Å². The monoisotopic (exact) mass is 402 g/mol. The van der Waals surface area contributed by atoms with Crippen LogP contribution in [-0.4, -0.2) is 60.7 Å². The lowest BCUT2D eigenvalue weighted by Gasteiger charge is -2.36. The van der Waals surface area contributed by atoms with Crippen molar-refractivity contribution >= 4 is 33.3 Å². The van der Waals surface area contributed by atoms with Gasteiger partial charge in [-0.2, -0.15) is 0 Å². The average molecular weight is 403 g/mol. The van der Waals surface area contributed by atoms with Gasteiger partial charge in [0.15, 0.2) is 0 Å². The number of methoxy groups -OCH3 is 1. The number of carbonyl (C=O) groups is 1. The van der Waals surface area contributed by atoms with E-state index in [0.717, 1.165) is 55.5 Å². The number of aryl methyl sites for hydroxylation is 2. The number of hydrogen-bond donors (Lipinski definition) is 0. The van der Waals surface area contributed by atoms with Crippen molar-refractivity contribution in [3.05, 3.63) is 16.3 Å². The van der Waals surface area contributed by atoms with E-state index < -0.39 is 0 Å². The second kappa shape index (κ2) is 8.33. The predicted molar refractivity (Wildman–Crippen MR) is 113 cm³/mol. The molecule has 152 valence electrons. The fourth-order valence-corrected chi connectivity index (χ4v) is 5.43. The van der Waals surface area contributed by atoms with Gasteiger partial charge in [-0.05, 0) is 37.7 Å². The Balaban J connectivity index is 1.69. The Kier molecular flexibility index (Phi) is 5.83. The van der Waals surface area contributed by atoms with E-state index in [9.17, 15) is 4.79 Å². The lowest BCUT2D eigenvalue weighted by molar-refractivity contribution is -0.135. The van der Waals surface area contributed by atoms with E-state index in [1.165, 1.54) is 35.1 Å². The minimum atomic E-state index is 0.0724. The van der Waals surface area contributed by atoms with E-state index in [4.69, 9.17) is 14.7 Å². The molecule has 2 aromatic rings. The largest absolute Gasteiger partial charge is 0.375 e. The van der Waals surface area contributed by atoms with Crippen LogP contribution in [0, 0.1) is 0 Å². The number of thiophene rings is 1. The number of anilines is 1. The summed E-state index contributed by atoms with van der Waals surface area (Å²) in [5, 5.41) is 1.28. The van der Waals surface area contributed by atoms with Crippen LogP contribution in [0.15, 0.2) is 0 Å². The Labute approximate surface area is 170 Å². The van der Waals surface area contributed by atoms with Gasteiger partial charge in [0.25, 0.3) is 0 Å². The lowest BCUT2D eigenvalue weighted by atomic mass is 9.96. The zero-order valence-corrected chi connectivity index (χ0v) is 18.0. The van der Waals surface area contributed by atoms with Crippen molar-refractivity contribution < 1.29 is 9.53 Å². The highest BCUT2D eigenvalue weighted by atomic mass is 32.1. The highest BCUT2D eigenvalue weighted by Gasteiger charge is 2.27. The lowest BCUT2D eigenvalue weighted by Crippen LogP contribution is -2.50. The molecule has 1 atom stereocenters. The second-order valence-corrected chi connectivity index (χ2v) is 8.99. The summed E-state index contributed by atoms with van der Waals surface area (Å²) >= 11 is 1.87. The summed E-state index contributed by atoms with van der Waals surface area (Å²) in [4.78, 5) is 29.1. The Bertz CT molecular complexity index is 858. The zero-order chi connectivity index (χ0) is 19.7. The third kappa shape index (κ3) is 3.62. The van der Waals surface area contributed by atoms with Gasteiger partial charge in [0, 0.05) is 44.1 Å². The molecule has 1 fully saturated rings. The molecule has 0 unspecified atom stereocenters. The molecule has 0 bridgehead atoms. The van der Waals surface area contributed by atoms with Gasteiger partial charge in [-0.25, -0.2) is 9.97 Å². The van der Waals surface area contributed by atoms with Crippen molar-refractivity contribution in [2.24, 2.45) is 0 Å². The first kappa shape index (κ1) is 19.6. The van der Waals surface area contributed by atoms with Gasteiger partial charge in [0.1, 0.15) is 23.1 Å². The normalized spacial score (nSPS) is 18.4. The molecule has 7 heteroatoms. The molecule has 1 amide bonds. The van der Waals surface area contributed by atoms with Crippen LogP contribution < -0.4 is 4.90 Å². The van der Waals surface area contributed by atoms with Crippen LogP contribution in [0.3, 0.4) is 0 Å². The maximum atomic E-state index is 12.1. The third-order valence-electron chi connectivity index (χ3n) is 6.07. The van der Waals surface area contributed by atoms with Crippen LogP contribution in [0.25, 0.3) is 10.2 Å². The standard InChI is InChI=1S/C21H30N4O2S/c1-4-14(2)19-22-20(25-11-9-24(10-12-25)17(26)13-27-3)18-15-7-5-6-8-16(15)28-21(18)23-19/h14H,4-13H2,1-3H3/t14-/m1/s1. The van der Waals surface area contributed by atoms with Gasteiger partial charge in [0.05, 0.1) is 5.39 Å². The first-order chi connectivity index (χ1) is 13.6. The molecule has 1 aliphatic heterocycles. The van der Waals surface area contributed by atoms with Crippen molar-refractivity contribution in [3.63, 3.8) is 0 Å². The van der Waals surface area contributed by atoms with Crippen molar-refractivity contribution in [2.45, 2.75) is 51.9 Å². The molecule has 2 aromatic heterocycles. The van der Waals surface area contributed by atoms with Crippen LogP contribution >= 0.6 is 11.3 Å². The summed E-state index contributed by atoms with van der Waals surface area (Å²) in [6.07, 6.45) is 5.88. The maximum Gasteiger partial charge on any atom is 0.248 e. The number of carbonyl (C=O) groups excluding carboxylic acids is 1. The number of fused-ring (bicyclic) bond motifs is 3. The molecule has 28 heavy (non-hydrogen) atoms. The number of ether oxygens (including phenoxy) is 1. The predicted octanol–water partition coefficient (Wildman–Crippen LogP) is 3.38. The highest BCUT2D eigenvalue weighted by Crippen LogP contribution is 2.40. The Morgan fingerprint density at radius 2 is 1.93 bits per heavy atom. The van der Waals surface area contributed by atoms with E-state index in [1.54, 1.807) is 7.11 Å². The first-order valence-electron chi connectivity index (χ1n) is 10.5. The fourth-order valence-electron chi connectivity index (χ4n) is 4.17. The Morgan fingerprint density at radius 1 is 1.18 bits per heavy atom. The SMILES string of the molecule is CC[C@@H](C)c1nc(N2CCN(C(=O)COC)CC2)c2c3c(sc2n1)CCCC3. The van der Waals surface area contributed by atoms with Gasteiger partial charge in [-0.15, -0.1) is 11.3 Å².